The van der Waals surface area contributed by atoms with Crippen molar-refractivity contribution < 1.29 is 23.8 Å². The normalized spacial score (nSPS) is 11.0. The fourth-order valence-corrected chi connectivity index (χ4v) is 2.41. The minimum atomic E-state index is -1.06. The lowest BCUT2D eigenvalue weighted by molar-refractivity contribution is -0.137. The molecule has 1 amide bonds. The van der Waals surface area contributed by atoms with Crippen molar-refractivity contribution in [1.29, 1.82) is 0 Å². The average Bonchev–Trinajstić information content (AvgIpc) is 2.86. The van der Waals surface area contributed by atoms with Gasteiger partial charge in [0.15, 0.2) is 5.76 Å². The third-order valence-electron chi connectivity index (χ3n) is 3.77. The number of hydrogen-bond donors (Lipinski definition) is 1. The van der Waals surface area contributed by atoms with E-state index in [9.17, 15) is 9.59 Å². The van der Waals surface area contributed by atoms with E-state index in [1.54, 1.807) is 32.2 Å². The highest BCUT2D eigenvalue weighted by atomic mass is 16.5. The summed E-state index contributed by atoms with van der Waals surface area (Å²) in [5.74, 6) is -0.650. The van der Waals surface area contributed by atoms with E-state index in [0.717, 1.165) is 5.39 Å². The Balaban J connectivity index is 2.35. The number of aryl methyl sites for hydroxylation is 1. The van der Waals surface area contributed by atoms with Crippen LogP contribution in [-0.2, 0) is 4.79 Å². The first-order valence-electron chi connectivity index (χ1n) is 7.56. The summed E-state index contributed by atoms with van der Waals surface area (Å²) < 4.78 is 10.9. The molecule has 130 valence electrons. The zero-order valence-corrected chi connectivity index (χ0v) is 14.3. The molecule has 0 unspecified atom stereocenters. The highest BCUT2D eigenvalue weighted by Gasteiger charge is 2.25. The maximum atomic E-state index is 12.8. The second-order valence-corrected chi connectivity index (χ2v) is 5.84. The lowest BCUT2D eigenvalue weighted by atomic mass is 10.1. The van der Waals surface area contributed by atoms with Gasteiger partial charge in [-0.3, -0.25) is 9.59 Å². The van der Waals surface area contributed by atoms with Crippen LogP contribution in [0.15, 0.2) is 22.6 Å². The van der Waals surface area contributed by atoms with Gasteiger partial charge in [0.2, 0.25) is 0 Å². The lowest BCUT2D eigenvalue weighted by Crippen LogP contribution is -2.40. The molecule has 0 aliphatic heterocycles. The summed E-state index contributed by atoms with van der Waals surface area (Å²) >= 11 is 0. The van der Waals surface area contributed by atoms with E-state index in [4.69, 9.17) is 14.3 Å². The summed E-state index contributed by atoms with van der Waals surface area (Å²) in [6, 6.07) is 5.28. The maximum absolute atomic E-state index is 12.8. The van der Waals surface area contributed by atoms with Crippen molar-refractivity contribution in [1.82, 2.24) is 9.80 Å². The molecule has 0 aliphatic carbocycles. The number of carboxylic acid groups (broad SMARTS) is 1. The maximum Gasteiger partial charge on any atom is 0.323 e. The number of carbonyl (C=O) groups is 2. The van der Waals surface area contributed by atoms with E-state index in [0.29, 0.717) is 30.0 Å². The van der Waals surface area contributed by atoms with Crippen LogP contribution < -0.4 is 4.74 Å². The molecule has 1 aromatic carbocycles. The van der Waals surface area contributed by atoms with E-state index >= 15 is 0 Å². The molecule has 1 heterocycles. The molecule has 0 bridgehead atoms. The van der Waals surface area contributed by atoms with Crippen LogP contribution in [0.4, 0.5) is 0 Å². The topological polar surface area (TPSA) is 83.2 Å². The molecular formula is C17H22N2O5. The van der Waals surface area contributed by atoms with Gasteiger partial charge >= 0.3 is 5.97 Å². The molecular weight excluding hydrogens is 312 g/mol. The van der Waals surface area contributed by atoms with Gasteiger partial charge in [0.1, 0.15) is 17.9 Å². The molecule has 0 radical (unpaired) electrons. The molecule has 1 N–H and O–H groups in total. The van der Waals surface area contributed by atoms with Crippen molar-refractivity contribution in [3.05, 3.63) is 29.5 Å². The quantitative estimate of drug-likeness (QED) is 0.832. The Kier molecular flexibility index (Phi) is 5.46. The molecule has 0 fully saturated rings. The van der Waals surface area contributed by atoms with Crippen LogP contribution in [0.5, 0.6) is 5.75 Å². The van der Waals surface area contributed by atoms with Crippen LogP contribution in [-0.4, -0.2) is 67.6 Å². The number of carboxylic acids is 1. The predicted molar refractivity (Wildman–Crippen MR) is 89.6 cm³/mol. The highest BCUT2D eigenvalue weighted by Crippen LogP contribution is 2.29. The summed E-state index contributed by atoms with van der Waals surface area (Å²) in [4.78, 5) is 27.0. The number of carbonyl (C=O) groups excluding carboxylic acids is 1. The van der Waals surface area contributed by atoms with Gasteiger partial charge in [0.25, 0.3) is 5.91 Å². The summed E-state index contributed by atoms with van der Waals surface area (Å²) in [6.45, 7) is 2.28. The number of hydrogen-bond acceptors (Lipinski definition) is 5. The largest absolute Gasteiger partial charge is 0.497 e. The molecule has 7 nitrogen and oxygen atoms in total. The zero-order chi connectivity index (χ0) is 17.9. The first-order valence-corrected chi connectivity index (χ1v) is 7.56. The first-order chi connectivity index (χ1) is 11.3. The molecule has 0 atom stereocenters. The van der Waals surface area contributed by atoms with E-state index < -0.39 is 11.9 Å². The fraction of sp³-hybridized carbons (Fsp3) is 0.412. The van der Waals surface area contributed by atoms with Gasteiger partial charge < -0.3 is 24.1 Å². The third-order valence-corrected chi connectivity index (χ3v) is 3.77. The Labute approximate surface area is 140 Å². The van der Waals surface area contributed by atoms with Crippen molar-refractivity contribution in [2.24, 2.45) is 0 Å². The van der Waals surface area contributed by atoms with E-state index in [-0.39, 0.29) is 12.3 Å². The molecule has 0 aliphatic rings. The van der Waals surface area contributed by atoms with E-state index in [2.05, 4.69) is 0 Å². The molecule has 0 spiro atoms. The average molecular weight is 334 g/mol. The van der Waals surface area contributed by atoms with Crippen molar-refractivity contribution in [2.45, 2.75) is 6.92 Å². The fourth-order valence-electron chi connectivity index (χ4n) is 2.41. The highest BCUT2D eigenvalue weighted by molar-refractivity contribution is 6.00. The van der Waals surface area contributed by atoms with Crippen LogP contribution in [0.1, 0.15) is 16.1 Å². The number of likely N-dealkylation sites (N-methyl/N-ethyl adjacent to an activating group) is 1. The second-order valence-electron chi connectivity index (χ2n) is 5.84. The minimum Gasteiger partial charge on any atom is -0.497 e. The number of benzene rings is 1. The van der Waals surface area contributed by atoms with Gasteiger partial charge in [-0.05, 0) is 39.2 Å². The molecule has 0 saturated carbocycles. The predicted octanol–water partition coefficient (Wildman–Crippen LogP) is 1.84. The third kappa shape index (κ3) is 3.86. The van der Waals surface area contributed by atoms with Crippen molar-refractivity contribution in [3.63, 3.8) is 0 Å². The lowest BCUT2D eigenvalue weighted by Gasteiger charge is -2.21. The van der Waals surface area contributed by atoms with Crippen LogP contribution >= 0.6 is 0 Å². The van der Waals surface area contributed by atoms with Crippen molar-refractivity contribution in [3.8, 4) is 5.75 Å². The summed E-state index contributed by atoms with van der Waals surface area (Å²) in [7, 11) is 5.29. The minimum absolute atomic E-state index is 0.165. The number of amides is 1. The van der Waals surface area contributed by atoms with Crippen LogP contribution in [0.3, 0.4) is 0 Å². The number of fused-ring (bicyclic) bond motifs is 1. The number of furan rings is 1. The van der Waals surface area contributed by atoms with Gasteiger partial charge in [-0.15, -0.1) is 0 Å². The summed E-state index contributed by atoms with van der Waals surface area (Å²) in [5.41, 5.74) is 1.24. The zero-order valence-electron chi connectivity index (χ0n) is 14.3. The van der Waals surface area contributed by atoms with Crippen LogP contribution in [0.25, 0.3) is 11.0 Å². The smallest absolute Gasteiger partial charge is 0.323 e. The number of ether oxygens (including phenoxy) is 1. The van der Waals surface area contributed by atoms with Gasteiger partial charge in [-0.25, -0.2) is 0 Å². The van der Waals surface area contributed by atoms with Gasteiger partial charge in [-0.1, -0.05) is 0 Å². The molecule has 1 aromatic heterocycles. The number of nitrogens with zero attached hydrogens (tertiary/aromatic N) is 2. The molecule has 24 heavy (non-hydrogen) atoms. The number of methoxy groups -OCH3 is 1. The van der Waals surface area contributed by atoms with E-state index in [1.165, 1.54) is 4.90 Å². The SMILES string of the molecule is COc1ccc2oc(C(=O)N(CCN(C)C)CC(=O)O)c(C)c2c1. The molecule has 2 aromatic rings. The van der Waals surface area contributed by atoms with Crippen LogP contribution in [0, 0.1) is 6.92 Å². The summed E-state index contributed by atoms with van der Waals surface area (Å²) in [5, 5.41) is 9.85. The Bertz CT molecular complexity index is 751. The van der Waals surface area contributed by atoms with Gasteiger partial charge in [-0.2, -0.15) is 0 Å². The molecule has 2 rings (SSSR count). The Hall–Kier alpha value is -2.54. The summed E-state index contributed by atoms with van der Waals surface area (Å²) in [6.07, 6.45) is 0. The van der Waals surface area contributed by atoms with Crippen molar-refractivity contribution in [2.75, 3.05) is 40.8 Å². The first kappa shape index (κ1) is 17.8. The van der Waals surface area contributed by atoms with Crippen LogP contribution in [0.2, 0.25) is 0 Å². The molecule has 0 saturated heterocycles. The standard InChI is InChI=1S/C17H22N2O5/c1-11-13-9-12(23-4)5-6-14(13)24-16(11)17(22)19(10-15(20)21)8-7-18(2)3/h5-6,9H,7-8,10H2,1-4H3,(H,20,21). The molecule has 7 heteroatoms. The van der Waals surface area contributed by atoms with Gasteiger partial charge in [0, 0.05) is 24.0 Å². The number of aliphatic carboxylic acids is 1. The van der Waals surface area contributed by atoms with Crippen molar-refractivity contribution >= 4 is 22.8 Å². The Morgan fingerprint density at radius 2 is 1.96 bits per heavy atom. The second kappa shape index (κ2) is 7.35. The number of rotatable bonds is 7. The monoisotopic (exact) mass is 334 g/mol. The van der Waals surface area contributed by atoms with Gasteiger partial charge in [0.05, 0.1) is 7.11 Å². The van der Waals surface area contributed by atoms with E-state index in [1.807, 2.05) is 19.0 Å². The Morgan fingerprint density at radius 3 is 2.54 bits per heavy atom. The Morgan fingerprint density at radius 1 is 1.25 bits per heavy atom.